The molecular weight excluding hydrogens is 312 g/mol. The van der Waals surface area contributed by atoms with E-state index in [0.717, 1.165) is 12.0 Å². The lowest BCUT2D eigenvalue weighted by Gasteiger charge is -2.14. The standard InChI is InChI=1S/C17H28N2O3S/c1-13(2)12-15-6-8-16(9-7-15)14(3)17(20)19-23(21,22)11-5-4-10-18/h6-9,13-14H,4-5,10-12,18H2,1-3H3,(H,19,20). The number of unbranched alkanes of at least 4 members (excludes halogenated alkanes) is 1. The Morgan fingerprint density at radius 3 is 2.26 bits per heavy atom. The maximum atomic E-state index is 12.1. The maximum Gasteiger partial charge on any atom is 0.240 e. The van der Waals surface area contributed by atoms with Gasteiger partial charge >= 0.3 is 0 Å². The van der Waals surface area contributed by atoms with Gasteiger partial charge in [0.1, 0.15) is 0 Å². The number of nitrogens with two attached hydrogens (primary N) is 1. The van der Waals surface area contributed by atoms with Gasteiger partial charge in [0, 0.05) is 0 Å². The van der Waals surface area contributed by atoms with Gasteiger partial charge < -0.3 is 5.73 Å². The van der Waals surface area contributed by atoms with Gasteiger partial charge in [-0.25, -0.2) is 8.42 Å². The minimum Gasteiger partial charge on any atom is -0.330 e. The molecule has 0 aliphatic heterocycles. The first-order valence-electron chi connectivity index (χ1n) is 8.08. The van der Waals surface area contributed by atoms with Gasteiger partial charge in [-0.05, 0) is 49.8 Å². The second kappa shape index (κ2) is 9.03. The van der Waals surface area contributed by atoms with Crippen molar-refractivity contribution in [1.82, 2.24) is 4.72 Å². The van der Waals surface area contributed by atoms with Crippen LogP contribution >= 0.6 is 0 Å². The fourth-order valence-corrected chi connectivity index (χ4v) is 3.46. The lowest BCUT2D eigenvalue weighted by atomic mass is 9.96. The zero-order chi connectivity index (χ0) is 17.5. The van der Waals surface area contributed by atoms with Crippen LogP contribution in [0.25, 0.3) is 0 Å². The van der Waals surface area contributed by atoms with Crippen LogP contribution in [-0.2, 0) is 21.2 Å². The van der Waals surface area contributed by atoms with Crippen LogP contribution in [0.2, 0.25) is 0 Å². The number of carbonyl (C=O) groups excluding carboxylic acids is 1. The van der Waals surface area contributed by atoms with Crippen LogP contribution in [0.5, 0.6) is 0 Å². The van der Waals surface area contributed by atoms with Crippen molar-refractivity contribution in [2.75, 3.05) is 12.3 Å². The van der Waals surface area contributed by atoms with Crippen LogP contribution in [-0.4, -0.2) is 26.6 Å². The van der Waals surface area contributed by atoms with E-state index < -0.39 is 21.8 Å². The average Bonchev–Trinajstić information content (AvgIpc) is 2.46. The summed E-state index contributed by atoms with van der Waals surface area (Å²) in [6.45, 7) is 6.46. The van der Waals surface area contributed by atoms with E-state index in [9.17, 15) is 13.2 Å². The van der Waals surface area contributed by atoms with Crippen molar-refractivity contribution < 1.29 is 13.2 Å². The number of rotatable bonds is 9. The van der Waals surface area contributed by atoms with E-state index >= 15 is 0 Å². The summed E-state index contributed by atoms with van der Waals surface area (Å²) in [4.78, 5) is 12.1. The average molecular weight is 340 g/mol. The topological polar surface area (TPSA) is 89.3 Å². The number of nitrogens with one attached hydrogen (secondary N) is 1. The minimum absolute atomic E-state index is 0.0734. The predicted octanol–water partition coefficient (Wildman–Crippen LogP) is 2.17. The molecule has 1 amide bonds. The molecule has 0 saturated heterocycles. The fourth-order valence-electron chi connectivity index (χ4n) is 2.29. The molecule has 0 aromatic heterocycles. The fraction of sp³-hybridized carbons (Fsp3) is 0.588. The van der Waals surface area contributed by atoms with E-state index in [4.69, 9.17) is 5.73 Å². The van der Waals surface area contributed by atoms with Crippen molar-refractivity contribution in [3.63, 3.8) is 0 Å². The van der Waals surface area contributed by atoms with Gasteiger partial charge in [0.15, 0.2) is 0 Å². The van der Waals surface area contributed by atoms with Gasteiger partial charge in [-0.1, -0.05) is 38.1 Å². The number of hydrogen-bond donors (Lipinski definition) is 2. The van der Waals surface area contributed by atoms with Crippen molar-refractivity contribution in [1.29, 1.82) is 0 Å². The highest BCUT2D eigenvalue weighted by Crippen LogP contribution is 2.18. The molecule has 0 radical (unpaired) electrons. The molecular formula is C17H28N2O3S. The highest BCUT2D eigenvalue weighted by atomic mass is 32.2. The SMILES string of the molecule is CC(C)Cc1ccc(C(C)C(=O)NS(=O)(=O)CCCCN)cc1. The third-order valence-corrected chi connectivity index (χ3v) is 4.98. The Hall–Kier alpha value is -1.40. The van der Waals surface area contributed by atoms with Crippen molar-refractivity contribution in [2.24, 2.45) is 11.7 Å². The zero-order valence-electron chi connectivity index (χ0n) is 14.2. The molecule has 5 nitrogen and oxygen atoms in total. The number of benzene rings is 1. The van der Waals surface area contributed by atoms with Gasteiger partial charge in [-0.2, -0.15) is 0 Å². The Morgan fingerprint density at radius 1 is 1.13 bits per heavy atom. The van der Waals surface area contributed by atoms with Gasteiger partial charge in [0.05, 0.1) is 11.7 Å². The molecule has 1 aromatic rings. The summed E-state index contributed by atoms with van der Waals surface area (Å²) >= 11 is 0. The van der Waals surface area contributed by atoms with Crippen molar-refractivity contribution in [2.45, 2.75) is 46.0 Å². The lowest BCUT2D eigenvalue weighted by Crippen LogP contribution is -2.35. The molecule has 0 aliphatic rings. The summed E-state index contributed by atoms with van der Waals surface area (Å²) in [7, 11) is -3.59. The number of hydrogen-bond acceptors (Lipinski definition) is 4. The van der Waals surface area contributed by atoms with Crippen LogP contribution in [0.1, 0.15) is 50.7 Å². The second-order valence-electron chi connectivity index (χ2n) is 6.34. The quantitative estimate of drug-likeness (QED) is 0.674. The smallest absolute Gasteiger partial charge is 0.240 e. The second-order valence-corrected chi connectivity index (χ2v) is 8.18. The number of sulfonamides is 1. The van der Waals surface area contributed by atoms with E-state index in [-0.39, 0.29) is 5.75 Å². The third kappa shape index (κ3) is 7.14. The summed E-state index contributed by atoms with van der Waals surface area (Å²) < 4.78 is 25.9. The molecule has 130 valence electrons. The first-order valence-corrected chi connectivity index (χ1v) is 9.73. The normalized spacial score (nSPS) is 13.1. The Bertz CT molecular complexity index is 595. The van der Waals surface area contributed by atoms with E-state index in [1.165, 1.54) is 5.56 Å². The maximum absolute atomic E-state index is 12.1. The molecule has 0 fully saturated rings. The molecule has 0 heterocycles. The van der Waals surface area contributed by atoms with Gasteiger partial charge in [0.25, 0.3) is 0 Å². The minimum atomic E-state index is -3.59. The van der Waals surface area contributed by atoms with Crippen LogP contribution in [0.4, 0.5) is 0 Å². The summed E-state index contributed by atoms with van der Waals surface area (Å²) in [5, 5.41) is 0. The predicted molar refractivity (Wildman–Crippen MR) is 93.6 cm³/mol. The van der Waals surface area contributed by atoms with E-state index in [0.29, 0.717) is 25.3 Å². The van der Waals surface area contributed by atoms with E-state index in [1.807, 2.05) is 24.3 Å². The summed E-state index contributed by atoms with van der Waals surface area (Å²) in [6, 6.07) is 7.77. The van der Waals surface area contributed by atoms with Crippen molar-refractivity contribution in [3.8, 4) is 0 Å². The molecule has 1 rings (SSSR count). The van der Waals surface area contributed by atoms with Crippen LogP contribution in [0.3, 0.4) is 0 Å². The third-order valence-electron chi connectivity index (χ3n) is 3.64. The van der Waals surface area contributed by atoms with Gasteiger partial charge in [-0.15, -0.1) is 0 Å². The molecule has 1 unspecified atom stereocenters. The Kier molecular flexibility index (Phi) is 7.72. The zero-order valence-corrected chi connectivity index (χ0v) is 15.0. The molecule has 6 heteroatoms. The molecule has 1 aromatic carbocycles. The van der Waals surface area contributed by atoms with E-state index in [1.54, 1.807) is 6.92 Å². The molecule has 23 heavy (non-hydrogen) atoms. The Labute approximate surface area is 139 Å². The first-order chi connectivity index (χ1) is 10.7. The molecule has 0 bridgehead atoms. The molecule has 0 saturated carbocycles. The highest BCUT2D eigenvalue weighted by molar-refractivity contribution is 7.90. The van der Waals surface area contributed by atoms with Crippen LogP contribution in [0.15, 0.2) is 24.3 Å². The Morgan fingerprint density at radius 2 is 1.74 bits per heavy atom. The summed E-state index contributed by atoms with van der Waals surface area (Å²) in [6.07, 6.45) is 2.07. The number of carbonyl (C=O) groups is 1. The van der Waals surface area contributed by atoms with Crippen molar-refractivity contribution in [3.05, 3.63) is 35.4 Å². The molecule has 0 aliphatic carbocycles. The van der Waals surface area contributed by atoms with Crippen LogP contribution < -0.4 is 10.5 Å². The summed E-state index contributed by atoms with van der Waals surface area (Å²) in [5.41, 5.74) is 7.37. The lowest BCUT2D eigenvalue weighted by molar-refractivity contribution is -0.120. The first kappa shape index (κ1) is 19.6. The van der Waals surface area contributed by atoms with Gasteiger partial charge in [-0.3, -0.25) is 9.52 Å². The molecule has 3 N–H and O–H groups in total. The highest BCUT2D eigenvalue weighted by Gasteiger charge is 2.20. The van der Waals surface area contributed by atoms with Crippen molar-refractivity contribution >= 4 is 15.9 Å². The van der Waals surface area contributed by atoms with E-state index in [2.05, 4.69) is 18.6 Å². The number of amides is 1. The summed E-state index contributed by atoms with van der Waals surface area (Å²) in [5.74, 6) is -0.502. The largest absolute Gasteiger partial charge is 0.330 e. The molecule has 1 atom stereocenters. The van der Waals surface area contributed by atoms with Crippen LogP contribution in [0, 0.1) is 5.92 Å². The van der Waals surface area contributed by atoms with Gasteiger partial charge in [0.2, 0.25) is 15.9 Å². The molecule has 0 spiro atoms. The Balaban J connectivity index is 2.65. The monoisotopic (exact) mass is 340 g/mol.